The maximum absolute atomic E-state index is 12.4. The second kappa shape index (κ2) is 13.2. The summed E-state index contributed by atoms with van der Waals surface area (Å²) in [5, 5.41) is 9.15. The van der Waals surface area contributed by atoms with Crippen LogP contribution in [0.2, 0.25) is 0 Å². The molecule has 2 aliphatic rings. The number of nitriles is 1. The number of amidine groups is 1. The summed E-state index contributed by atoms with van der Waals surface area (Å²) in [6.07, 6.45) is 9.95. The Bertz CT molecular complexity index is 998. The fourth-order valence-electron chi connectivity index (χ4n) is 4.96. The third kappa shape index (κ3) is 8.86. The highest BCUT2D eigenvalue weighted by atomic mass is 31.1. The highest BCUT2D eigenvalue weighted by Gasteiger charge is 2.44. The Labute approximate surface area is 218 Å². The first-order valence-corrected chi connectivity index (χ1v) is 14.8. The summed E-state index contributed by atoms with van der Waals surface area (Å²) in [7, 11) is 1.21. The molecule has 1 aromatic carbocycles. The van der Waals surface area contributed by atoms with E-state index >= 15 is 0 Å². The van der Waals surface area contributed by atoms with Gasteiger partial charge in [-0.3, -0.25) is 4.99 Å². The lowest BCUT2D eigenvalue weighted by Gasteiger charge is -2.33. The zero-order valence-corrected chi connectivity index (χ0v) is 23.4. The average Bonchev–Trinajstić information content (AvgIpc) is 3.63. The minimum Gasteiger partial charge on any atom is -0.444 e. The van der Waals surface area contributed by atoms with E-state index in [4.69, 9.17) is 15.0 Å². The Balaban J connectivity index is 1.58. The number of rotatable bonds is 8. The van der Waals surface area contributed by atoms with Crippen LogP contribution < -0.4 is 0 Å². The summed E-state index contributed by atoms with van der Waals surface area (Å²) in [4.78, 5) is 23.3. The summed E-state index contributed by atoms with van der Waals surface area (Å²) in [5.41, 5.74) is 1.87. The van der Waals surface area contributed by atoms with Gasteiger partial charge >= 0.3 is 6.09 Å². The molecule has 194 valence electrons. The molecule has 1 heterocycles. The second-order valence-corrected chi connectivity index (χ2v) is 13.2. The maximum atomic E-state index is 12.4. The van der Waals surface area contributed by atoms with E-state index < -0.39 is 13.5 Å². The van der Waals surface area contributed by atoms with Gasteiger partial charge in [0.15, 0.2) is 0 Å². The number of carbonyl (C=O) groups is 1. The maximum Gasteiger partial charge on any atom is 0.410 e. The van der Waals surface area contributed by atoms with E-state index in [9.17, 15) is 4.79 Å². The highest BCUT2D eigenvalue weighted by molar-refractivity contribution is 7.75. The van der Waals surface area contributed by atoms with Crippen LogP contribution in [-0.4, -0.2) is 54.2 Å². The standard InChI is InChI=1S/C29H41N4O2P/c1-22(31-5)32-27(12-9-16-30)36(21-23-10-7-6-8-11-23)19-15-25-20-26(25)24-13-17-33(18-14-24)28(34)35-29(2,3)4/h6-12,24-26H,13-15,17-21H2,1-5H3/b12-9+,31-22?,32-27?. The molecule has 3 atom stereocenters. The Morgan fingerprint density at radius 2 is 1.94 bits per heavy atom. The van der Waals surface area contributed by atoms with Crippen molar-refractivity contribution in [1.82, 2.24) is 4.90 Å². The van der Waals surface area contributed by atoms with Crippen LogP contribution in [0.15, 0.2) is 52.5 Å². The normalized spacial score (nSPS) is 22.4. The molecule has 1 saturated heterocycles. The van der Waals surface area contributed by atoms with Gasteiger partial charge in [0.1, 0.15) is 11.4 Å². The molecule has 0 spiro atoms. The second-order valence-electron chi connectivity index (χ2n) is 10.9. The largest absolute Gasteiger partial charge is 0.444 e. The van der Waals surface area contributed by atoms with Crippen molar-refractivity contribution in [3.8, 4) is 6.07 Å². The lowest BCUT2D eigenvalue weighted by molar-refractivity contribution is 0.0174. The summed E-state index contributed by atoms with van der Waals surface area (Å²) in [6.45, 7) is 9.27. The third-order valence-electron chi connectivity index (χ3n) is 6.99. The van der Waals surface area contributed by atoms with Crippen LogP contribution >= 0.6 is 7.92 Å². The van der Waals surface area contributed by atoms with Crippen molar-refractivity contribution in [2.24, 2.45) is 27.7 Å². The van der Waals surface area contributed by atoms with Gasteiger partial charge in [-0.25, -0.2) is 9.79 Å². The number of hydrogen-bond acceptors (Lipinski definition) is 4. The molecule has 36 heavy (non-hydrogen) atoms. The van der Waals surface area contributed by atoms with Gasteiger partial charge in [0, 0.05) is 26.2 Å². The van der Waals surface area contributed by atoms with Crippen molar-refractivity contribution in [3.63, 3.8) is 0 Å². The van der Waals surface area contributed by atoms with Crippen LogP contribution in [-0.2, 0) is 10.9 Å². The molecule has 0 radical (unpaired) electrons. The molecule has 3 unspecified atom stereocenters. The number of aliphatic imine (C=N–C) groups is 2. The molecule has 3 rings (SSSR count). The van der Waals surface area contributed by atoms with Crippen molar-refractivity contribution >= 4 is 25.3 Å². The number of amides is 1. The molecule has 0 bridgehead atoms. The van der Waals surface area contributed by atoms with E-state index in [1.54, 1.807) is 13.1 Å². The van der Waals surface area contributed by atoms with Gasteiger partial charge in [0.2, 0.25) is 0 Å². The average molecular weight is 509 g/mol. The lowest BCUT2D eigenvalue weighted by Crippen LogP contribution is -2.42. The van der Waals surface area contributed by atoms with Gasteiger partial charge in [-0.1, -0.05) is 38.3 Å². The van der Waals surface area contributed by atoms with Gasteiger partial charge in [0.05, 0.1) is 11.5 Å². The number of carbonyl (C=O) groups excluding carboxylic acids is 1. The number of benzene rings is 1. The molecule has 1 aliphatic carbocycles. The van der Waals surface area contributed by atoms with E-state index in [2.05, 4.69) is 35.3 Å². The molecule has 0 aromatic heterocycles. The predicted molar refractivity (Wildman–Crippen MR) is 150 cm³/mol. The fraction of sp³-hybridized carbons (Fsp3) is 0.586. The van der Waals surface area contributed by atoms with Crippen molar-refractivity contribution in [3.05, 3.63) is 48.0 Å². The van der Waals surface area contributed by atoms with Crippen molar-refractivity contribution in [2.45, 2.75) is 65.1 Å². The van der Waals surface area contributed by atoms with Gasteiger partial charge < -0.3 is 9.64 Å². The monoisotopic (exact) mass is 508 g/mol. The Morgan fingerprint density at radius 1 is 1.25 bits per heavy atom. The predicted octanol–water partition coefficient (Wildman–Crippen LogP) is 6.87. The van der Waals surface area contributed by atoms with E-state index in [1.807, 2.05) is 44.7 Å². The Hall–Kier alpha value is -2.51. The smallest absolute Gasteiger partial charge is 0.410 e. The number of hydrogen-bond donors (Lipinski definition) is 0. The SMILES string of the molecule is CN=C(C)N=C(/C=C/C#N)P(CCC1CC1C1CCN(C(=O)OC(C)(C)C)CC1)Cc1ccccc1. The zero-order valence-electron chi connectivity index (χ0n) is 22.5. The number of likely N-dealkylation sites (tertiary alicyclic amines) is 1. The molecular formula is C29H41N4O2P. The van der Waals surface area contributed by atoms with Crippen molar-refractivity contribution < 1.29 is 9.53 Å². The molecule has 6 nitrogen and oxygen atoms in total. The highest BCUT2D eigenvalue weighted by Crippen LogP contribution is 2.53. The van der Waals surface area contributed by atoms with Crippen LogP contribution in [0.1, 0.15) is 58.9 Å². The van der Waals surface area contributed by atoms with E-state index in [0.717, 1.165) is 61.4 Å². The first-order chi connectivity index (χ1) is 17.2. The summed E-state index contributed by atoms with van der Waals surface area (Å²) >= 11 is 0. The fourth-order valence-corrected chi connectivity index (χ4v) is 7.37. The van der Waals surface area contributed by atoms with Crippen LogP contribution in [0.25, 0.3) is 0 Å². The summed E-state index contributed by atoms with van der Waals surface area (Å²) < 4.78 is 5.55. The van der Waals surface area contributed by atoms with Gasteiger partial charge in [-0.05, 0) is 95.1 Å². The molecule has 7 heteroatoms. The minimum absolute atomic E-state index is 0.178. The number of allylic oxidation sites excluding steroid dienone is 2. The van der Waals surface area contributed by atoms with Crippen LogP contribution in [0, 0.1) is 29.1 Å². The number of piperidine rings is 1. The van der Waals surface area contributed by atoms with Gasteiger partial charge in [-0.2, -0.15) is 5.26 Å². The van der Waals surface area contributed by atoms with Crippen LogP contribution in [0.5, 0.6) is 0 Å². The van der Waals surface area contributed by atoms with E-state index in [0.29, 0.717) is 5.92 Å². The Kier molecular flexibility index (Phi) is 10.3. The van der Waals surface area contributed by atoms with E-state index in [1.165, 1.54) is 18.4 Å². The number of nitrogens with zero attached hydrogens (tertiary/aromatic N) is 4. The van der Waals surface area contributed by atoms with Crippen molar-refractivity contribution in [1.29, 1.82) is 5.26 Å². The molecule has 1 saturated carbocycles. The van der Waals surface area contributed by atoms with Crippen molar-refractivity contribution in [2.75, 3.05) is 26.3 Å². The Morgan fingerprint density at radius 3 is 2.56 bits per heavy atom. The zero-order chi connectivity index (χ0) is 26.1. The molecule has 1 aromatic rings. The van der Waals surface area contributed by atoms with Crippen LogP contribution in [0.3, 0.4) is 0 Å². The summed E-state index contributed by atoms with van der Waals surface area (Å²) in [5.74, 6) is 2.98. The lowest BCUT2D eigenvalue weighted by atomic mass is 9.91. The first-order valence-electron chi connectivity index (χ1n) is 13.0. The van der Waals surface area contributed by atoms with Crippen LogP contribution in [0.4, 0.5) is 4.79 Å². The quantitative estimate of drug-likeness (QED) is 0.166. The molecule has 2 fully saturated rings. The topological polar surface area (TPSA) is 78.0 Å². The van der Waals surface area contributed by atoms with E-state index in [-0.39, 0.29) is 6.09 Å². The molecule has 1 aliphatic heterocycles. The summed E-state index contributed by atoms with van der Waals surface area (Å²) in [6, 6.07) is 12.7. The molecule has 1 amide bonds. The van der Waals surface area contributed by atoms with Gasteiger partial charge in [0.25, 0.3) is 0 Å². The number of ether oxygens (including phenoxy) is 1. The third-order valence-corrected chi connectivity index (χ3v) is 9.43. The first kappa shape index (κ1) is 28.1. The molecular weight excluding hydrogens is 467 g/mol. The minimum atomic E-state index is -0.547. The van der Waals surface area contributed by atoms with Gasteiger partial charge in [-0.15, -0.1) is 0 Å². The molecule has 0 N–H and O–H groups in total.